The number of nitrogens with one attached hydrogen (secondary N) is 5. The Balaban J connectivity index is 0.000000335. The minimum atomic E-state index is -0.314. The average molecular weight is 650 g/mol. The van der Waals surface area contributed by atoms with E-state index in [9.17, 15) is 14.4 Å². The molecule has 13 heteroatoms. The van der Waals surface area contributed by atoms with Crippen molar-refractivity contribution in [2.75, 3.05) is 31.6 Å². The normalized spacial score (nSPS) is 11.0. The second-order valence-corrected chi connectivity index (χ2v) is 12.9. The number of para-hydroxylation sites is 2. The number of carbonyl (C=O) groups is 2. The molecule has 3 rings (SSSR count). The Morgan fingerprint density at radius 1 is 0.979 bits per heavy atom. The maximum Gasteiger partial charge on any atom is 0.319 e. The van der Waals surface area contributed by atoms with E-state index in [0.29, 0.717) is 42.5 Å². The van der Waals surface area contributed by atoms with E-state index >= 15 is 0 Å². The second kappa shape index (κ2) is 18.3. The third kappa shape index (κ3) is 15.3. The number of hydrogen-bond acceptors (Lipinski definition) is 7. The maximum absolute atomic E-state index is 12.4. The molecule has 13 nitrogen and oxygen atoms in total. The first kappa shape index (κ1) is 38.3. The summed E-state index contributed by atoms with van der Waals surface area (Å²) in [6.07, 6.45) is 2.52. The van der Waals surface area contributed by atoms with Gasteiger partial charge >= 0.3 is 6.03 Å². The fourth-order valence-corrected chi connectivity index (χ4v) is 4.01. The van der Waals surface area contributed by atoms with Gasteiger partial charge in [-0.25, -0.2) is 9.78 Å². The molecule has 0 aliphatic carbocycles. The lowest BCUT2D eigenvalue weighted by molar-refractivity contribution is -0.119. The van der Waals surface area contributed by atoms with Gasteiger partial charge in [-0.15, -0.1) is 0 Å². The summed E-state index contributed by atoms with van der Waals surface area (Å²) < 4.78 is 5.56. The van der Waals surface area contributed by atoms with Gasteiger partial charge in [0.1, 0.15) is 18.2 Å². The van der Waals surface area contributed by atoms with E-state index in [-0.39, 0.29) is 34.4 Å². The van der Waals surface area contributed by atoms with Crippen LogP contribution in [0.2, 0.25) is 0 Å². The first-order valence-corrected chi connectivity index (χ1v) is 15.6. The molecular weight excluding hydrogens is 598 g/mol. The molecule has 0 fully saturated rings. The number of anilines is 1. The molecule has 0 atom stereocenters. The predicted molar refractivity (Wildman–Crippen MR) is 189 cm³/mol. The molecule has 0 spiro atoms. The Morgan fingerprint density at radius 3 is 2.26 bits per heavy atom. The monoisotopic (exact) mass is 649 g/mol. The summed E-state index contributed by atoms with van der Waals surface area (Å²) in [6.45, 7) is 16.2. The summed E-state index contributed by atoms with van der Waals surface area (Å²) in [5.74, 6) is 1.27. The van der Waals surface area contributed by atoms with Gasteiger partial charge in [0.25, 0.3) is 5.56 Å². The molecule has 47 heavy (non-hydrogen) atoms. The number of carbonyl (C=O) groups excluding carboxylic acids is 2. The molecule has 2 aromatic carbocycles. The van der Waals surface area contributed by atoms with Crippen molar-refractivity contribution in [3.63, 3.8) is 0 Å². The van der Waals surface area contributed by atoms with Crippen molar-refractivity contribution in [3.05, 3.63) is 76.5 Å². The third-order valence-corrected chi connectivity index (χ3v) is 6.27. The number of guanidine groups is 1. The number of H-pyrrole nitrogens is 1. The van der Waals surface area contributed by atoms with Crippen LogP contribution in [0.3, 0.4) is 0 Å². The maximum atomic E-state index is 12.4. The van der Waals surface area contributed by atoms with Crippen molar-refractivity contribution in [3.8, 4) is 16.9 Å². The Labute approximate surface area is 277 Å². The molecule has 0 saturated heterocycles. The second-order valence-electron chi connectivity index (χ2n) is 12.9. The molecule has 0 radical (unpaired) electrons. The van der Waals surface area contributed by atoms with Gasteiger partial charge in [-0.3, -0.25) is 14.6 Å². The highest BCUT2D eigenvalue weighted by molar-refractivity contribution is 5.91. The molecular formula is C34H51N9O4. The number of amides is 3. The third-order valence-electron chi connectivity index (χ3n) is 6.27. The highest BCUT2D eigenvalue weighted by Gasteiger charge is 2.18. The Hall–Kier alpha value is -4.91. The zero-order valence-corrected chi connectivity index (χ0v) is 28.6. The molecule has 1 heterocycles. The first-order valence-electron chi connectivity index (χ1n) is 15.6. The van der Waals surface area contributed by atoms with E-state index in [4.69, 9.17) is 16.2 Å². The number of aromatic nitrogens is 2. The lowest BCUT2D eigenvalue weighted by Gasteiger charge is -2.21. The fourth-order valence-electron chi connectivity index (χ4n) is 4.01. The van der Waals surface area contributed by atoms with Crippen LogP contribution in [0.25, 0.3) is 11.1 Å². The molecule has 0 aliphatic heterocycles. The lowest BCUT2D eigenvalue weighted by atomic mass is 9.95. The highest BCUT2D eigenvalue weighted by atomic mass is 16.5. The van der Waals surface area contributed by atoms with E-state index in [1.165, 1.54) is 6.92 Å². The van der Waals surface area contributed by atoms with Gasteiger partial charge in [0, 0.05) is 37.2 Å². The number of urea groups is 1. The zero-order chi connectivity index (χ0) is 35.0. The van der Waals surface area contributed by atoms with Crippen LogP contribution < -0.4 is 43.0 Å². The van der Waals surface area contributed by atoms with Crippen molar-refractivity contribution >= 4 is 23.6 Å². The van der Waals surface area contributed by atoms with Crippen LogP contribution in [0.1, 0.15) is 66.3 Å². The molecule has 0 saturated carbocycles. The number of nitrogens with two attached hydrogens (primary N) is 2. The van der Waals surface area contributed by atoms with Gasteiger partial charge in [-0.1, -0.05) is 57.2 Å². The van der Waals surface area contributed by atoms with Crippen molar-refractivity contribution in [2.45, 2.75) is 72.4 Å². The number of rotatable bonds is 12. The van der Waals surface area contributed by atoms with Crippen LogP contribution in [0.5, 0.6) is 5.75 Å². The highest BCUT2D eigenvalue weighted by Crippen LogP contribution is 2.24. The summed E-state index contributed by atoms with van der Waals surface area (Å²) >= 11 is 0. The molecule has 0 unspecified atom stereocenters. The van der Waals surface area contributed by atoms with Crippen LogP contribution in [-0.4, -0.2) is 59.6 Å². The zero-order valence-electron chi connectivity index (χ0n) is 28.6. The minimum Gasteiger partial charge on any atom is -0.490 e. The van der Waals surface area contributed by atoms with Crippen LogP contribution in [0.15, 0.2) is 64.5 Å². The largest absolute Gasteiger partial charge is 0.490 e. The molecule has 1 aromatic heterocycles. The van der Waals surface area contributed by atoms with E-state index in [2.05, 4.69) is 36.2 Å². The summed E-state index contributed by atoms with van der Waals surface area (Å²) in [6, 6.07) is 14.8. The van der Waals surface area contributed by atoms with Crippen LogP contribution in [0, 0.1) is 0 Å². The van der Waals surface area contributed by atoms with Crippen LogP contribution in [0.4, 0.5) is 10.5 Å². The van der Waals surface area contributed by atoms with Crippen molar-refractivity contribution < 1.29 is 14.3 Å². The van der Waals surface area contributed by atoms with Crippen LogP contribution in [-0.2, 0) is 16.8 Å². The molecule has 9 N–H and O–H groups in total. The SMILES string of the molecule is CC(=O)NCCOc1ccccc1NC(=O)NC(C)(C)C.CC(C)(C)c1ncc(-c2ccc(CNCCCN=C(N)N)cc2)c(=O)[nH]1. The van der Waals surface area contributed by atoms with Gasteiger partial charge in [0.2, 0.25) is 5.91 Å². The smallest absolute Gasteiger partial charge is 0.319 e. The average Bonchev–Trinajstić information content (AvgIpc) is 2.97. The summed E-state index contributed by atoms with van der Waals surface area (Å²) in [5, 5.41) is 11.6. The first-order chi connectivity index (χ1) is 22.0. The molecule has 3 aromatic rings. The van der Waals surface area contributed by atoms with Gasteiger partial charge in [0.05, 0.1) is 17.8 Å². The van der Waals surface area contributed by atoms with Gasteiger partial charge < -0.3 is 42.5 Å². The van der Waals surface area contributed by atoms with E-state index in [1.54, 1.807) is 18.3 Å². The summed E-state index contributed by atoms with van der Waals surface area (Å²) in [5.41, 5.74) is 13.1. The Morgan fingerprint density at radius 2 is 1.66 bits per heavy atom. The quantitative estimate of drug-likeness (QED) is 0.0876. The van der Waals surface area contributed by atoms with Gasteiger partial charge in [-0.2, -0.15) is 0 Å². The molecule has 0 bridgehead atoms. The Bertz CT molecular complexity index is 1520. The van der Waals surface area contributed by atoms with E-state index in [1.807, 2.05) is 77.9 Å². The predicted octanol–water partition coefficient (Wildman–Crippen LogP) is 3.61. The van der Waals surface area contributed by atoms with Gasteiger partial charge in [-0.05, 0) is 57.0 Å². The minimum absolute atomic E-state index is 0.102. The van der Waals surface area contributed by atoms with E-state index in [0.717, 1.165) is 30.6 Å². The molecule has 3 amide bonds. The number of aromatic amines is 1. The summed E-state index contributed by atoms with van der Waals surface area (Å²) in [7, 11) is 0. The number of ether oxygens (including phenoxy) is 1. The van der Waals surface area contributed by atoms with Crippen molar-refractivity contribution in [2.24, 2.45) is 16.5 Å². The summed E-state index contributed by atoms with van der Waals surface area (Å²) in [4.78, 5) is 46.2. The number of benzene rings is 2. The van der Waals surface area contributed by atoms with Crippen molar-refractivity contribution in [1.82, 2.24) is 25.9 Å². The van der Waals surface area contributed by atoms with Crippen molar-refractivity contribution in [1.29, 1.82) is 0 Å². The van der Waals surface area contributed by atoms with E-state index < -0.39 is 0 Å². The van der Waals surface area contributed by atoms with Crippen LogP contribution >= 0.6 is 0 Å². The molecule has 0 aliphatic rings. The lowest BCUT2D eigenvalue weighted by Crippen LogP contribution is -2.43. The number of hydrogen-bond donors (Lipinski definition) is 7. The number of aliphatic imine (C=N–C) groups is 1. The van der Waals surface area contributed by atoms with Gasteiger partial charge in [0.15, 0.2) is 5.96 Å². The Kier molecular flexibility index (Phi) is 14.9. The fraction of sp³-hybridized carbons (Fsp3) is 0.441. The number of nitrogens with zero attached hydrogens (tertiary/aromatic N) is 2. The molecule has 256 valence electrons. The standard InChI is InChI=1S/C19H28N6O.C15H23N3O3/c1-19(2,3)17-24-12-15(16(26)25-17)14-7-5-13(6-8-14)11-22-9-4-10-23-18(20)21;1-11(19)16-9-10-21-13-8-6-5-7-12(13)17-14(20)18-15(2,3)4/h5-8,12,22H,4,9-11H2,1-3H3,(H4,20,21,23)(H,24,25,26);5-8H,9-10H2,1-4H3,(H,16,19)(H2,17,18,20). The topological polar surface area (TPSA) is 202 Å².